The van der Waals surface area contributed by atoms with E-state index in [4.69, 9.17) is 47.4 Å². The summed E-state index contributed by atoms with van der Waals surface area (Å²) in [7, 11) is 0. The summed E-state index contributed by atoms with van der Waals surface area (Å²) in [5.41, 5.74) is 0. The van der Waals surface area contributed by atoms with Crippen LogP contribution in [0.15, 0.2) is 0 Å². The molecule has 0 unspecified atom stereocenters. The molecular weight excluding hydrogens is 992 g/mol. The summed E-state index contributed by atoms with van der Waals surface area (Å²) in [5.74, 6) is -5.88. The Morgan fingerprint density at radius 1 is 0.639 bits per heavy atom. The first kappa shape index (κ1) is 60.2. The third kappa shape index (κ3) is 13.3. The number of ether oxygens (including phenoxy) is 10. The predicted molar refractivity (Wildman–Crippen MR) is 219 cm³/mol. The SMILES string of the molecule is CC(=O)N[C@H]1[C@H](O[C@H]2[C@@H](O)[C@@H](CO)O[C@@H](O[C@H]3[C@H](O)[C@@H](O)[C@H](OC[C@@H](CO)NC=O)O[C@@H]3CO)[C@@H]2O)O[C@H](CO)[C@@H](O)[C@@H]1O[C@@H]1O[C@H](CO[C@]2(C(=O)O)C[C@H](O)[C@@H](O)[C@H]([C@H](O)[C@H](O)CO)O2)[C@H](O)[C@H](O)[C@H]1O. The van der Waals surface area contributed by atoms with Gasteiger partial charge in [-0.2, -0.15) is 0 Å². The average Bonchev–Trinajstić information content (AvgIpc) is 3.35. The Labute approximate surface area is 407 Å². The van der Waals surface area contributed by atoms with Crippen LogP contribution in [0.4, 0.5) is 0 Å². The minimum absolute atomic E-state index is 0.269. The first-order valence-corrected chi connectivity index (χ1v) is 22.5. The van der Waals surface area contributed by atoms with E-state index < -0.39 is 230 Å². The van der Waals surface area contributed by atoms with Crippen LogP contribution in [0.25, 0.3) is 0 Å². The number of carbonyl (C=O) groups is 3. The number of hydrogen-bond acceptors (Lipinski definition) is 30. The van der Waals surface area contributed by atoms with Gasteiger partial charge in [-0.3, -0.25) is 9.59 Å². The fourth-order valence-corrected chi connectivity index (χ4v) is 8.57. The topological polar surface area (TPSA) is 532 Å². The molecule has 33 nitrogen and oxygen atoms in total. The molecule has 27 atom stereocenters. The lowest BCUT2D eigenvalue weighted by molar-refractivity contribution is -0.382. The number of aliphatic hydroxyl groups excluding tert-OH is 17. The molecule has 5 saturated heterocycles. The van der Waals surface area contributed by atoms with E-state index in [9.17, 15) is 106 Å². The van der Waals surface area contributed by atoms with Gasteiger partial charge < -0.3 is 150 Å². The molecule has 418 valence electrons. The Bertz CT molecular complexity index is 1710. The van der Waals surface area contributed by atoms with Gasteiger partial charge in [0.25, 0.3) is 5.79 Å². The Hall–Kier alpha value is -2.67. The molecule has 0 radical (unpaired) electrons. The number of carbonyl (C=O) groups excluding carboxylic acids is 2. The molecule has 0 aromatic heterocycles. The van der Waals surface area contributed by atoms with E-state index in [0.29, 0.717) is 0 Å². The lowest BCUT2D eigenvalue weighted by Crippen LogP contribution is -2.70. The number of rotatable bonds is 23. The first-order chi connectivity index (χ1) is 34.0. The molecule has 72 heavy (non-hydrogen) atoms. The molecular formula is C39H66N2O31. The number of amides is 2. The monoisotopic (exact) mass is 1060 g/mol. The maximum Gasteiger partial charge on any atom is 0.364 e. The Balaban J connectivity index is 1.36. The molecule has 5 fully saturated rings. The molecule has 0 bridgehead atoms. The molecule has 0 aromatic carbocycles. The van der Waals surface area contributed by atoms with Crippen molar-refractivity contribution in [2.24, 2.45) is 0 Å². The largest absolute Gasteiger partial charge is 0.477 e. The van der Waals surface area contributed by atoms with Gasteiger partial charge in [-0.15, -0.1) is 0 Å². The number of carboxylic acids is 1. The van der Waals surface area contributed by atoms with Gasteiger partial charge in [0, 0.05) is 13.3 Å². The minimum atomic E-state index is -2.99. The van der Waals surface area contributed by atoms with Crippen LogP contribution in [0.3, 0.4) is 0 Å². The Kier molecular flexibility index (Phi) is 22.1. The van der Waals surface area contributed by atoms with Crippen molar-refractivity contribution in [1.29, 1.82) is 0 Å². The van der Waals surface area contributed by atoms with Crippen LogP contribution in [0, 0.1) is 0 Å². The van der Waals surface area contributed by atoms with Crippen molar-refractivity contribution in [2.75, 3.05) is 46.2 Å². The zero-order valence-electron chi connectivity index (χ0n) is 38.1. The number of nitrogens with one attached hydrogen (secondary N) is 2. The lowest BCUT2D eigenvalue weighted by atomic mass is 9.90. The van der Waals surface area contributed by atoms with E-state index in [-0.39, 0.29) is 6.41 Å². The van der Waals surface area contributed by atoms with Crippen LogP contribution in [0.5, 0.6) is 0 Å². The second-order valence-corrected chi connectivity index (χ2v) is 17.6. The van der Waals surface area contributed by atoms with Gasteiger partial charge in [0.15, 0.2) is 25.2 Å². The van der Waals surface area contributed by atoms with Crippen molar-refractivity contribution >= 4 is 18.3 Å². The normalized spacial score (nSPS) is 45.1. The summed E-state index contributed by atoms with van der Waals surface area (Å²) in [4.78, 5) is 36.1. The molecule has 5 aliphatic heterocycles. The first-order valence-electron chi connectivity index (χ1n) is 22.5. The number of hydrogen-bond donors (Lipinski definition) is 20. The molecule has 5 rings (SSSR count). The van der Waals surface area contributed by atoms with Crippen LogP contribution >= 0.6 is 0 Å². The highest BCUT2D eigenvalue weighted by Gasteiger charge is 2.59. The smallest absolute Gasteiger partial charge is 0.364 e. The molecule has 2 amide bonds. The van der Waals surface area contributed by atoms with Crippen molar-refractivity contribution in [3.05, 3.63) is 0 Å². The van der Waals surface area contributed by atoms with E-state index in [2.05, 4.69) is 10.6 Å². The molecule has 20 N–H and O–H groups in total. The van der Waals surface area contributed by atoms with Crippen molar-refractivity contribution in [1.82, 2.24) is 10.6 Å². The highest BCUT2D eigenvalue weighted by molar-refractivity contribution is 5.76. The molecule has 0 saturated carbocycles. The number of carboxylic acid groups (broad SMARTS) is 1. The maximum absolute atomic E-state index is 12.7. The van der Waals surface area contributed by atoms with Gasteiger partial charge >= 0.3 is 5.97 Å². The van der Waals surface area contributed by atoms with Crippen molar-refractivity contribution in [3.63, 3.8) is 0 Å². The average molecular weight is 1060 g/mol. The summed E-state index contributed by atoms with van der Waals surface area (Å²) in [5, 5.41) is 195. The molecule has 5 heterocycles. The fourth-order valence-electron chi connectivity index (χ4n) is 8.57. The fraction of sp³-hybridized carbons (Fsp3) is 0.923. The third-order valence-corrected chi connectivity index (χ3v) is 12.7. The van der Waals surface area contributed by atoms with Crippen molar-refractivity contribution in [3.8, 4) is 0 Å². The second kappa shape index (κ2) is 26.4. The van der Waals surface area contributed by atoms with E-state index in [1.165, 1.54) is 0 Å². The standard InChI is InChI=1S/C39H66N2O31/c1-11(48)41-19-31(70-36-27(58)25(56)22(53)18(68-36)9-64-39(38(61)62)2-13(49)20(51)33(72-39)21(52)14(50)4-43)23(54)15(5-44)65-34(19)71-32-24(55)16(6-45)66-37(29(32)60)69-30-17(7-46)67-35(28(59)26(30)57)63-8-12(3-42)40-10-47/h10,12-37,42-46,49-60H,2-9H2,1H3,(H,40,47)(H,41,48)(H,61,62)/t12-,13+,14-,15-,16-,17-,18-,19-,20-,21-,22+,23-,24+,25+,26-,27-,28-,29-,30-,31-,32+,33-,34+,35-,36+,37+,39-/m1/s1. The summed E-state index contributed by atoms with van der Waals surface area (Å²) in [6, 6.07) is -2.81. The van der Waals surface area contributed by atoms with E-state index >= 15 is 0 Å². The lowest BCUT2D eigenvalue weighted by Gasteiger charge is -2.50. The van der Waals surface area contributed by atoms with Crippen LogP contribution in [-0.2, 0) is 61.8 Å². The zero-order chi connectivity index (χ0) is 53.5. The number of aliphatic hydroxyl groups is 17. The highest BCUT2D eigenvalue weighted by atomic mass is 16.8. The molecule has 0 aromatic rings. The molecule has 0 spiro atoms. The molecule has 5 aliphatic rings. The quantitative estimate of drug-likeness (QED) is 0.0423. The third-order valence-electron chi connectivity index (χ3n) is 12.7. The van der Waals surface area contributed by atoms with E-state index in [1.807, 2.05) is 0 Å². The molecule has 0 aliphatic carbocycles. The summed E-state index contributed by atoms with van der Waals surface area (Å²) in [6.07, 6.45) is -48.7. The van der Waals surface area contributed by atoms with E-state index in [0.717, 1.165) is 6.92 Å². The summed E-state index contributed by atoms with van der Waals surface area (Å²) < 4.78 is 56.3. The van der Waals surface area contributed by atoms with Gasteiger partial charge in [0.1, 0.15) is 122 Å². The predicted octanol–water partition coefficient (Wildman–Crippen LogP) is -13.4. The van der Waals surface area contributed by atoms with Crippen LogP contribution in [-0.4, -0.2) is 322 Å². The second-order valence-electron chi connectivity index (χ2n) is 17.6. The van der Waals surface area contributed by atoms with E-state index in [1.54, 1.807) is 0 Å². The van der Waals surface area contributed by atoms with Crippen LogP contribution in [0.1, 0.15) is 13.3 Å². The maximum atomic E-state index is 12.7. The van der Waals surface area contributed by atoms with Crippen LogP contribution < -0.4 is 10.6 Å². The summed E-state index contributed by atoms with van der Waals surface area (Å²) >= 11 is 0. The Morgan fingerprint density at radius 2 is 1.18 bits per heavy atom. The van der Waals surface area contributed by atoms with Crippen molar-refractivity contribution < 1.29 is 154 Å². The minimum Gasteiger partial charge on any atom is -0.477 e. The van der Waals surface area contributed by atoms with Gasteiger partial charge in [0.05, 0.1) is 58.4 Å². The van der Waals surface area contributed by atoms with Gasteiger partial charge in [-0.25, -0.2) is 4.79 Å². The van der Waals surface area contributed by atoms with Crippen molar-refractivity contribution in [2.45, 2.75) is 178 Å². The number of aliphatic carboxylic acids is 1. The Morgan fingerprint density at radius 3 is 1.75 bits per heavy atom. The summed E-state index contributed by atoms with van der Waals surface area (Å²) in [6.45, 7) is -5.30. The molecule has 33 heteroatoms. The highest BCUT2D eigenvalue weighted by Crippen LogP contribution is 2.37. The van der Waals surface area contributed by atoms with Gasteiger partial charge in [0.2, 0.25) is 12.3 Å². The van der Waals surface area contributed by atoms with Gasteiger partial charge in [-0.1, -0.05) is 0 Å². The zero-order valence-corrected chi connectivity index (χ0v) is 38.1. The van der Waals surface area contributed by atoms with Crippen LogP contribution in [0.2, 0.25) is 0 Å². The van der Waals surface area contributed by atoms with Gasteiger partial charge in [-0.05, 0) is 0 Å².